The van der Waals surface area contributed by atoms with Gasteiger partial charge in [0.1, 0.15) is 5.75 Å². The van der Waals surface area contributed by atoms with Crippen LogP contribution >= 0.6 is 11.3 Å². The number of nitrogens with one attached hydrogen (secondary N) is 2. The summed E-state index contributed by atoms with van der Waals surface area (Å²) >= 11 is 1.79. The molecule has 130 valence electrons. The van der Waals surface area contributed by atoms with Gasteiger partial charge in [0.15, 0.2) is 5.96 Å². The second-order valence-electron chi connectivity index (χ2n) is 5.23. The van der Waals surface area contributed by atoms with Crippen LogP contribution in [0.5, 0.6) is 5.75 Å². The zero-order valence-electron chi connectivity index (χ0n) is 14.5. The van der Waals surface area contributed by atoms with Crippen molar-refractivity contribution in [3.05, 3.63) is 51.7 Å². The van der Waals surface area contributed by atoms with Crippen molar-refractivity contribution in [2.45, 2.75) is 20.1 Å². The van der Waals surface area contributed by atoms with E-state index in [4.69, 9.17) is 9.47 Å². The van der Waals surface area contributed by atoms with Crippen molar-refractivity contribution in [2.75, 3.05) is 27.3 Å². The molecule has 0 radical (unpaired) electrons. The predicted molar refractivity (Wildman–Crippen MR) is 99.9 cm³/mol. The van der Waals surface area contributed by atoms with E-state index in [-0.39, 0.29) is 0 Å². The minimum Gasteiger partial charge on any atom is -0.496 e. The largest absolute Gasteiger partial charge is 0.496 e. The van der Waals surface area contributed by atoms with Crippen LogP contribution in [0, 0.1) is 6.92 Å². The first-order chi connectivity index (χ1) is 11.7. The highest BCUT2D eigenvalue weighted by molar-refractivity contribution is 7.11. The molecule has 2 rings (SSSR count). The third-order valence-corrected chi connectivity index (χ3v) is 4.44. The minimum absolute atomic E-state index is 0.534. The highest BCUT2D eigenvalue weighted by atomic mass is 32.1. The van der Waals surface area contributed by atoms with Crippen molar-refractivity contribution in [3.8, 4) is 5.75 Å². The molecule has 2 N–H and O–H groups in total. The van der Waals surface area contributed by atoms with Crippen molar-refractivity contribution in [1.29, 1.82) is 0 Å². The van der Waals surface area contributed by atoms with E-state index in [1.807, 2.05) is 24.3 Å². The Hall–Kier alpha value is -2.05. The normalized spacial score (nSPS) is 11.4. The van der Waals surface area contributed by atoms with Gasteiger partial charge in [-0.1, -0.05) is 18.2 Å². The van der Waals surface area contributed by atoms with Gasteiger partial charge in [-0.15, -0.1) is 11.3 Å². The molecule has 0 unspecified atom stereocenters. The lowest BCUT2D eigenvalue weighted by molar-refractivity contribution is 0.123. The van der Waals surface area contributed by atoms with E-state index in [0.717, 1.165) is 23.8 Å². The number of nitrogens with zero attached hydrogens (tertiary/aromatic N) is 1. The quantitative estimate of drug-likeness (QED) is 0.438. The molecule has 0 amide bonds. The Morgan fingerprint density at radius 1 is 1.17 bits per heavy atom. The van der Waals surface area contributed by atoms with Gasteiger partial charge in [-0.05, 0) is 25.1 Å². The fourth-order valence-corrected chi connectivity index (χ4v) is 3.05. The Bertz CT molecular complexity index is 655. The first kappa shape index (κ1) is 18.3. The zero-order valence-corrected chi connectivity index (χ0v) is 15.3. The number of benzene rings is 1. The summed E-state index contributed by atoms with van der Waals surface area (Å²) in [6, 6.07) is 12.1. The van der Waals surface area contributed by atoms with Gasteiger partial charge in [0.2, 0.25) is 0 Å². The number of methoxy groups -OCH3 is 1. The molecule has 0 aliphatic carbocycles. The monoisotopic (exact) mass is 347 g/mol. The van der Waals surface area contributed by atoms with Gasteiger partial charge >= 0.3 is 0 Å². The molecule has 0 saturated heterocycles. The molecular formula is C18H25N3O2S. The number of para-hydroxylation sites is 1. The van der Waals surface area contributed by atoms with E-state index in [0.29, 0.717) is 19.8 Å². The number of guanidine groups is 1. The second kappa shape index (κ2) is 9.95. The molecule has 1 heterocycles. The predicted octanol–water partition coefficient (Wildman–Crippen LogP) is 2.95. The van der Waals surface area contributed by atoms with Crippen LogP contribution in [0.2, 0.25) is 0 Å². The van der Waals surface area contributed by atoms with Gasteiger partial charge in [-0.25, -0.2) is 0 Å². The highest BCUT2D eigenvalue weighted by Gasteiger charge is 2.02. The number of rotatable bonds is 8. The lowest BCUT2D eigenvalue weighted by atomic mass is 10.2. The Balaban J connectivity index is 1.65. The maximum absolute atomic E-state index is 5.70. The zero-order chi connectivity index (χ0) is 17.2. The van der Waals surface area contributed by atoms with Crippen LogP contribution < -0.4 is 15.4 Å². The fourth-order valence-electron chi connectivity index (χ4n) is 2.22. The number of hydrogen-bond donors (Lipinski definition) is 2. The van der Waals surface area contributed by atoms with Crippen LogP contribution in [-0.2, 0) is 17.9 Å². The van der Waals surface area contributed by atoms with Gasteiger partial charge in [0.05, 0.1) is 26.9 Å². The van der Waals surface area contributed by atoms with Crippen LogP contribution in [0.4, 0.5) is 0 Å². The van der Waals surface area contributed by atoms with Gasteiger partial charge in [-0.3, -0.25) is 4.99 Å². The van der Waals surface area contributed by atoms with Gasteiger partial charge in [-0.2, -0.15) is 0 Å². The molecule has 5 nitrogen and oxygen atoms in total. The Kier molecular flexibility index (Phi) is 7.58. The summed E-state index contributed by atoms with van der Waals surface area (Å²) in [6.07, 6.45) is 0. The smallest absolute Gasteiger partial charge is 0.191 e. The van der Waals surface area contributed by atoms with Gasteiger partial charge < -0.3 is 20.1 Å². The fraction of sp³-hybridized carbons (Fsp3) is 0.389. The molecule has 0 aliphatic rings. The molecule has 0 atom stereocenters. The summed E-state index contributed by atoms with van der Waals surface area (Å²) in [5.74, 6) is 1.64. The van der Waals surface area contributed by atoms with E-state index in [2.05, 4.69) is 34.7 Å². The van der Waals surface area contributed by atoms with Crippen molar-refractivity contribution < 1.29 is 9.47 Å². The number of ether oxygens (including phenoxy) is 2. The molecule has 0 spiro atoms. The van der Waals surface area contributed by atoms with Crippen molar-refractivity contribution in [2.24, 2.45) is 4.99 Å². The van der Waals surface area contributed by atoms with Crippen LogP contribution in [0.15, 0.2) is 41.4 Å². The van der Waals surface area contributed by atoms with E-state index < -0.39 is 0 Å². The SMILES string of the molecule is CN=C(NCCOCc1ccccc1OC)NCc1ccc(C)s1. The number of thiophene rings is 1. The molecule has 6 heteroatoms. The first-order valence-corrected chi connectivity index (χ1v) is 8.74. The van der Waals surface area contributed by atoms with Crippen LogP contribution in [0.1, 0.15) is 15.3 Å². The first-order valence-electron chi connectivity index (χ1n) is 7.92. The molecule has 0 bridgehead atoms. The van der Waals surface area contributed by atoms with Crippen LogP contribution in [0.3, 0.4) is 0 Å². The molecule has 2 aromatic rings. The van der Waals surface area contributed by atoms with Crippen LogP contribution in [-0.4, -0.2) is 33.3 Å². The topological polar surface area (TPSA) is 54.9 Å². The van der Waals surface area contributed by atoms with Gasteiger partial charge in [0.25, 0.3) is 0 Å². The third-order valence-electron chi connectivity index (χ3n) is 3.44. The average molecular weight is 347 g/mol. The third kappa shape index (κ3) is 5.86. The summed E-state index contributed by atoms with van der Waals surface area (Å²) in [7, 11) is 3.44. The summed E-state index contributed by atoms with van der Waals surface area (Å²) in [5.41, 5.74) is 1.05. The summed E-state index contributed by atoms with van der Waals surface area (Å²) in [6.45, 7) is 4.71. The van der Waals surface area contributed by atoms with Gasteiger partial charge in [0, 0.05) is 28.9 Å². The Morgan fingerprint density at radius 3 is 2.71 bits per heavy atom. The minimum atomic E-state index is 0.534. The maximum atomic E-state index is 5.70. The summed E-state index contributed by atoms with van der Waals surface area (Å²) in [5, 5.41) is 6.55. The molecule has 0 fully saturated rings. The van der Waals surface area contributed by atoms with Crippen LogP contribution in [0.25, 0.3) is 0 Å². The second-order valence-corrected chi connectivity index (χ2v) is 6.60. The standard InChI is InChI=1S/C18H25N3O2S/c1-14-8-9-16(24-14)12-21-18(19-2)20-10-11-23-13-15-6-4-5-7-17(15)22-3/h4-9H,10-13H2,1-3H3,(H2,19,20,21). The van der Waals surface area contributed by atoms with Crippen molar-refractivity contribution in [3.63, 3.8) is 0 Å². The molecular weight excluding hydrogens is 322 g/mol. The lowest BCUT2D eigenvalue weighted by Crippen LogP contribution is -2.38. The average Bonchev–Trinajstić information content (AvgIpc) is 3.03. The van der Waals surface area contributed by atoms with E-state index in [9.17, 15) is 0 Å². The maximum Gasteiger partial charge on any atom is 0.191 e. The molecule has 24 heavy (non-hydrogen) atoms. The molecule has 0 saturated carbocycles. The number of aliphatic imine (C=N–C) groups is 1. The molecule has 1 aromatic carbocycles. The lowest BCUT2D eigenvalue weighted by Gasteiger charge is -2.12. The highest BCUT2D eigenvalue weighted by Crippen LogP contribution is 2.17. The Morgan fingerprint density at radius 2 is 2.00 bits per heavy atom. The van der Waals surface area contributed by atoms with Crippen molar-refractivity contribution in [1.82, 2.24) is 10.6 Å². The number of hydrogen-bond acceptors (Lipinski definition) is 4. The van der Waals surface area contributed by atoms with E-state index in [1.165, 1.54) is 9.75 Å². The van der Waals surface area contributed by atoms with E-state index >= 15 is 0 Å². The Labute approximate surface area is 147 Å². The number of aryl methyl sites for hydroxylation is 1. The summed E-state index contributed by atoms with van der Waals surface area (Å²) in [4.78, 5) is 6.83. The van der Waals surface area contributed by atoms with Crippen molar-refractivity contribution >= 4 is 17.3 Å². The molecule has 0 aliphatic heterocycles. The van der Waals surface area contributed by atoms with E-state index in [1.54, 1.807) is 25.5 Å². The summed E-state index contributed by atoms with van der Waals surface area (Å²) < 4.78 is 11.0. The molecule has 1 aromatic heterocycles.